The van der Waals surface area contributed by atoms with Gasteiger partial charge >= 0.3 is 8.56 Å². The van der Waals surface area contributed by atoms with E-state index in [1.54, 1.807) is 14.2 Å². The Morgan fingerprint density at radius 3 is 1.62 bits per heavy atom. The molecule has 0 N–H and O–H groups in total. The topological polar surface area (TPSA) is 36.9 Å². The van der Waals surface area contributed by atoms with Crippen LogP contribution in [0, 0.1) is 0 Å². The van der Waals surface area contributed by atoms with Crippen LogP contribution >= 0.6 is 0 Å². The SMILES string of the molecule is C=COC[Si](COC=C)(OC)OC. The first-order valence-corrected chi connectivity index (χ1v) is 6.03. The third-order valence-corrected chi connectivity index (χ3v) is 4.29. The highest BCUT2D eigenvalue weighted by molar-refractivity contribution is 6.67. The molecule has 0 aliphatic heterocycles. The van der Waals surface area contributed by atoms with Crippen LogP contribution in [-0.4, -0.2) is 35.2 Å². The molecule has 0 rings (SSSR count). The highest BCUT2D eigenvalue weighted by Gasteiger charge is 2.37. The third kappa shape index (κ3) is 4.12. The summed E-state index contributed by atoms with van der Waals surface area (Å²) in [6, 6.07) is 0. The van der Waals surface area contributed by atoms with Crippen molar-refractivity contribution in [3.05, 3.63) is 25.7 Å². The Bertz CT molecular complexity index is 142. The average Bonchev–Trinajstić information content (AvgIpc) is 2.20. The maximum absolute atomic E-state index is 5.26. The van der Waals surface area contributed by atoms with Crippen LogP contribution in [-0.2, 0) is 18.3 Å². The largest absolute Gasteiger partial charge is 0.500 e. The molecule has 0 bridgehead atoms. The first-order valence-electron chi connectivity index (χ1n) is 3.80. The molecule has 0 amide bonds. The van der Waals surface area contributed by atoms with Gasteiger partial charge in [0.25, 0.3) is 0 Å². The molecule has 5 heteroatoms. The summed E-state index contributed by atoms with van der Waals surface area (Å²) in [6.45, 7) is 6.88. The summed E-state index contributed by atoms with van der Waals surface area (Å²) in [7, 11) is 0.784. The molecule has 0 atom stereocenters. The zero-order chi connectivity index (χ0) is 10.2. The molecular formula is C8H16O4Si. The predicted molar refractivity (Wildman–Crippen MR) is 52.1 cm³/mol. The highest BCUT2D eigenvalue weighted by Crippen LogP contribution is 2.06. The smallest absolute Gasteiger partial charge is 0.415 e. The van der Waals surface area contributed by atoms with Crippen molar-refractivity contribution in [2.24, 2.45) is 0 Å². The van der Waals surface area contributed by atoms with Crippen molar-refractivity contribution < 1.29 is 18.3 Å². The van der Waals surface area contributed by atoms with Crippen LogP contribution in [0.15, 0.2) is 25.7 Å². The first-order chi connectivity index (χ1) is 6.24. The van der Waals surface area contributed by atoms with Gasteiger partial charge in [-0.1, -0.05) is 13.2 Å². The maximum Gasteiger partial charge on any atom is 0.415 e. The summed E-state index contributed by atoms with van der Waals surface area (Å²) >= 11 is 0. The van der Waals surface area contributed by atoms with Crippen molar-refractivity contribution in [1.82, 2.24) is 0 Å². The third-order valence-electron chi connectivity index (χ3n) is 1.59. The fourth-order valence-corrected chi connectivity index (χ4v) is 2.20. The van der Waals surface area contributed by atoms with E-state index in [1.807, 2.05) is 0 Å². The summed E-state index contributed by atoms with van der Waals surface area (Å²) in [5, 5.41) is 0. The lowest BCUT2D eigenvalue weighted by Gasteiger charge is -2.25. The second-order valence-electron chi connectivity index (χ2n) is 2.27. The van der Waals surface area contributed by atoms with Crippen LogP contribution in [0.25, 0.3) is 0 Å². The number of hydrogen-bond donors (Lipinski definition) is 0. The van der Waals surface area contributed by atoms with Crippen molar-refractivity contribution in [3.8, 4) is 0 Å². The normalized spacial score (nSPS) is 10.6. The van der Waals surface area contributed by atoms with E-state index in [-0.39, 0.29) is 0 Å². The minimum atomic E-state index is -2.37. The molecule has 0 saturated heterocycles. The summed E-state index contributed by atoms with van der Waals surface area (Å²) in [4.78, 5) is 0. The molecular weight excluding hydrogens is 188 g/mol. The molecule has 4 nitrogen and oxygen atoms in total. The molecule has 0 fully saturated rings. The van der Waals surface area contributed by atoms with Gasteiger partial charge < -0.3 is 18.3 Å². The van der Waals surface area contributed by atoms with Crippen LogP contribution in [0.4, 0.5) is 0 Å². The van der Waals surface area contributed by atoms with E-state index >= 15 is 0 Å². The van der Waals surface area contributed by atoms with Crippen LogP contribution < -0.4 is 0 Å². The van der Waals surface area contributed by atoms with Crippen molar-refractivity contribution in [1.29, 1.82) is 0 Å². The fraction of sp³-hybridized carbons (Fsp3) is 0.500. The predicted octanol–water partition coefficient (Wildman–Crippen LogP) is 1.12. The van der Waals surface area contributed by atoms with Gasteiger partial charge in [-0.2, -0.15) is 0 Å². The molecule has 0 aromatic rings. The molecule has 0 saturated carbocycles. The minimum Gasteiger partial charge on any atom is -0.500 e. The van der Waals surface area contributed by atoms with Gasteiger partial charge in [0.05, 0.1) is 12.5 Å². The molecule has 0 aromatic carbocycles. The molecule has 76 valence electrons. The maximum atomic E-state index is 5.26. The first kappa shape index (κ1) is 12.2. The van der Waals surface area contributed by atoms with Crippen LogP contribution in [0.2, 0.25) is 0 Å². The summed E-state index contributed by atoms with van der Waals surface area (Å²) in [6.07, 6.45) is 3.43. The zero-order valence-corrected chi connectivity index (χ0v) is 9.12. The van der Waals surface area contributed by atoms with E-state index in [2.05, 4.69) is 13.2 Å². The zero-order valence-electron chi connectivity index (χ0n) is 8.12. The monoisotopic (exact) mass is 204 g/mol. The summed E-state index contributed by atoms with van der Waals surface area (Å²) in [5.74, 6) is 0. The minimum absolute atomic E-state index is 0.358. The van der Waals surface area contributed by atoms with E-state index in [1.165, 1.54) is 12.5 Å². The molecule has 0 unspecified atom stereocenters. The van der Waals surface area contributed by atoms with Gasteiger partial charge in [0, 0.05) is 14.2 Å². The van der Waals surface area contributed by atoms with Gasteiger partial charge in [0.1, 0.15) is 12.5 Å². The Labute approximate surface area is 80.0 Å². The Hall–Kier alpha value is -0.783. The molecule has 0 spiro atoms. The second-order valence-corrected chi connectivity index (χ2v) is 5.49. The lowest BCUT2D eigenvalue weighted by atomic mass is 11.1. The summed E-state index contributed by atoms with van der Waals surface area (Å²) < 4.78 is 20.6. The molecule has 0 heterocycles. The van der Waals surface area contributed by atoms with Crippen molar-refractivity contribution >= 4 is 8.56 Å². The van der Waals surface area contributed by atoms with E-state index in [0.717, 1.165) is 0 Å². The van der Waals surface area contributed by atoms with E-state index in [4.69, 9.17) is 18.3 Å². The lowest BCUT2D eigenvalue weighted by molar-refractivity contribution is 0.149. The Morgan fingerprint density at radius 2 is 1.38 bits per heavy atom. The fourth-order valence-electron chi connectivity index (χ4n) is 0.732. The van der Waals surface area contributed by atoms with Crippen molar-refractivity contribution in [2.75, 3.05) is 26.7 Å². The van der Waals surface area contributed by atoms with Crippen LogP contribution in [0.1, 0.15) is 0 Å². The van der Waals surface area contributed by atoms with Crippen LogP contribution in [0.3, 0.4) is 0 Å². The lowest BCUT2D eigenvalue weighted by Crippen LogP contribution is -2.50. The van der Waals surface area contributed by atoms with Crippen molar-refractivity contribution in [2.45, 2.75) is 0 Å². The highest BCUT2D eigenvalue weighted by atomic mass is 28.4. The van der Waals surface area contributed by atoms with E-state index in [9.17, 15) is 0 Å². The van der Waals surface area contributed by atoms with Gasteiger partial charge in [-0.05, 0) is 0 Å². The molecule has 13 heavy (non-hydrogen) atoms. The van der Waals surface area contributed by atoms with Gasteiger partial charge in [-0.25, -0.2) is 0 Å². The van der Waals surface area contributed by atoms with E-state index < -0.39 is 8.56 Å². The molecule has 0 aromatic heterocycles. The number of ether oxygens (including phenoxy) is 2. The van der Waals surface area contributed by atoms with Gasteiger partial charge in [0.15, 0.2) is 0 Å². The Kier molecular flexibility index (Phi) is 6.30. The Balaban J connectivity index is 4.11. The second kappa shape index (κ2) is 6.70. The number of hydrogen-bond acceptors (Lipinski definition) is 4. The summed E-state index contributed by atoms with van der Waals surface area (Å²) in [5.41, 5.74) is 0. The molecule has 0 aliphatic rings. The van der Waals surface area contributed by atoms with Gasteiger partial charge in [-0.15, -0.1) is 0 Å². The van der Waals surface area contributed by atoms with Crippen LogP contribution in [0.5, 0.6) is 0 Å². The van der Waals surface area contributed by atoms with Crippen molar-refractivity contribution in [3.63, 3.8) is 0 Å². The van der Waals surface area contributed by atoms with Gasteiger partial charge in [-0.3, -0.25) is 0 Å². The standard InChI is InChI=1S/C8H16O4Si/c1-5-11-7-13(9-3,10-4)8-12-6-2/h5-6H,1-2,7-8H2,3-4H3. The van der Waals surface area contributed by atoms with E-state index in [0.29, 0.717) is 12.5 Å². The Morgan fingerprint density at radius 1 is 1.00 bits per heavy atom. The average molecular weight is 204 g/mol. The quantitative estimate of drug-likeness (QED) is 0.438. The van der Waals surface area contributed by atoms with Gasteiger partial charge in [0.2, 0.25) is 0 Å². The number of rotatable bonds is 8. The molecule has 0 radical (unpaired) electrons. The molecule has 0 aliphatic carbocycles.